The first-order chi connectivity index (χ1) is 23.3. The van der Waals surface area contributed by atoms with Crippen LogP contribution in [0.25, 0.3) is 103 Å². The van der Waals surface area contributed by atoms with E-state index < -0.39 is 0 Å². The number of hydrogen-bond acceptors (Lipinski definition) is 4. The van der Waals surface area contributed by atoms with Crippen LogP contribution in [0, 0.1) is 0 Å². The summed E-state index contributed by atoms with van der Waals surface area (Å²) in [7, 11) is 0. The largest absolute Gasteiger partial charge is 0.436 e. The van der Waals surface area contributed by atoms with Crippen LogP contribution in [-0.2, 0) is 0 Å². The summed E-state index contributed by atoms with van der Waals surface area (Å²) in [5, 5.41) is 11.0. The Hall–Kier alpha value is -6.04. The van der Waals surface area contributed by atoms with Crippen molar-refractivity contribution in [1.29, 1.82) is 0 Å². The van der Waals surface area contributed by atoms with Crippen molar-refractivity contribution in [3.63, 3.8) is 0 Å². The molecule has 218 valence electrons. The van der Waals surface area contributed by atoms with Crippen LogP contribution in [0.15, 0.2) is 144 Å². The number of aromatic nitrogens is 3. The van der Waals surface area contributed by atoms with E-state index >= 15 is 0 Å². The minimum Gasteiger partial charge on any atom is -0.436 e. The van der Waals surface area contributed by atoms with Crippen molar-refractivity contribution in [2.75, 3.05) is 0 Å². The van der Waals surface area contributed by atoms with Crippen LogP contribution in [0.2, 0.25) is 0 Å². The minimum absolute atomic E-state index is 0.540. The summed E-state index contributed by atoms with van der Waals surface area (Å²) in [6.45, 7) is 0. The maximum Gasteiger partial charge on any atom is 0.247 e. The lowest BCUT2D eigenvalue weighted by Crippen LogP contribution is -2.03. The molecule has 0 saturated heterocycles. The van der Waals surface area contributed by atoms with Gasteiger partial charge >= 0.3 is 0 Å². The van der Waals surface area contributed by atoms with E-state index in [4.69, 9.17) is 14.4 Å². The number of rotatable bonds is 2. The molecule has 0 fully saturated rings. The molecule has 0 aliphatic heterocycles. The first kappa shape index (κ1) is 25.2. The summed E-state index contributed by atoms with van der Waals surface area (Å²) in [6.07, 6.45) is 0. The average Bonchev–Trinajstić information content (AvgIpc) is 3.80. The molecule has 0 bridgehead atoms. The molecule has 0 aliphatic rings. The van der Waals surface area contributed by atoms with Crippen LogP contribution in [0.5, 0.6) is 0 Å². The Kier molecular flexibility index (Phi) is 4.96. The molecule has 47 heavy (non-hydrogen) atoms. The Morgan fingerprint density at radius 3 is 2.04 bits per heavy atom. The third-order valence-electron chi connectivity index (χ3n) is 9.57. The van der Waals surface area contributed by atoms with Crippen LogP contribution >= 0.6 is 11.3 Å². The van der Waals surface area contributed by atoms with Gasteiger partial charge < -0.3 is 4.42 Å². The number of thiophene rings is 1. The van der Waals surface area contributed by atoms with Crippen molar-refractivity contribution in [2.45, 2.75) is 0 Å². The molecule has 0 aliphatic carbocycles. The van der Waals surface area contributed by atoms with Crippen molar-refractivity contribution in [2.24, 2.45) is 0 Å². The minimum atomic E-state index is 0.540. The van der Waals surface area contributed by atoms with Crippen LogP contribution in [0.3, 0.4) is 0 Å². The van der Waals surface area contributed by atoms with Crippen molar-refractivity contribution in [3.05, 3.63) is 140 Å². The van der Waals surface area contributed by atoms with Gasteiger partial charge in [0.2, 0.25) is 5.71 Å². The zero-order valence-electron chi connectivity index (χ0n) is 24.9. The van der Waals surface area contributed by atoms with Gasteiger partial charge in [-0.05, 0) is 51.9 Å². The molecule has 0 unspecified atom stereocenters. The molecule has 7 aromatic carbocycles. The summed E-state index contributed by atoms with van der Waals surface area (Å²) < 4.78 is 11.2. The third kappa shape index (κ3) is 3.41. The summed E-state index contributed by atoms with van der Waals surface area (Å²) in [6, 6.07) is 49.4. The van der Waals surface area contributed by atoms with E-state index in [1.54, 1.807) is 0 Å². The molecule has 4 nitrogen and oxygen atoms in total. The lowest BCUT2D eigenvalue weighted by Gasteiger charge is -2.13. The predicted octanol–water partition coefficient (Wildman–Crippen LogP) is 11.8. The SMILES string of the molecule is c1ccc(-c2nc3oc4ccccc4c3nc2-n2c3ccccc3c3c4ccccc4c4c5cc6ccccc6cc5sc4c32)cc1. The third-order valence-corrected chi connectivity index (χ3v) is 10.7. The van der Waals surface area contributed by atoms with Gasteiger partial charge in [0.25, 0.3) is 0 Å². The molecule has 0 amide bonds. The van der Waals surface area contributed by atoms with Gasteiger partial charge in [0, 0.05) is 37.2 Å². The Morgan fingerprint density at radius 2 is 1.21 bits per heavy atom. The molecule has 11 aromatic rings. The Labute approximate surface area is 271 Å². The van der Waals surface area contributed by atoms with Gasteiger partial charge in [-0.15, -0.1) is 11.3 Å². The van der Waals surface area contributed by atoms with Crippen LogP contribution in [-0.4, -0.2) is 14.5 Å². The fourth-order valence-electron chi connectivity index (χ4n) is 7.54. The van der Waals surface area contributed by atoms with Gasteiger partial charge in [-0.1, -0.05) is 109 Å². The standard InChI is InChI=1S/C42H23N3OS/c1-2-12-24(13-3-1)37-41(43-38-30-19-9-11-21-33(30)46-42(38)44-37)45-32-20-10-8-18-29(32)35-27-16-6-7-17-28(27)36-31-22-25-14-4-5-15-26(25)23-34(31)47-40(36)39(35)45/h1-23H. The van der Waals surface area contributed by atoms with E-state index in [0.29, 0.717) is 5.71 Å². The molecule has 0 saturated carbocycles. The van der Waals surface area contributed by atoms with E-state index in [9.17, 15) is 0 Å². The molecule has 0 atom stereocenters. The van der Waals surface area contributed by atoms with Gasteiger partial charge in [0.15, 0.2) is 5.82 Å². The predicted molar refractivity (Wildman–Crippen MR) is 197 cm³/mol. The number of hydrogen-bond donors (Lipinski definition) is 0. The number of furan rings is 1. The molecule has 11 rings (SSSR count). The van der Waals surface area contributed by atoms with Gasteiger partial charge in [-0.25, -0.2) is 9.97 Å². The number of para-hydroxylation sites is 2. The Balaban J connectivity index is 1.41. The van der Waals surface area contributed by atoms with E-state index in [-0.39, 0.29) is 0 Å². The van der Waals surface area contributed by atoms with Gasteiger partial charge in [-0.2, -0.15) is 0 Å². The number of benzene rings is 7. The maximum absolute atomic E-state index is 6.29. The summed E-state index contributed by atoms with van der Waals surface area (Å²) in [5.41, 5.74) is 6.12. The zero-order valence-corrected chi connectivity index (χ0v) is 25.8. The lowest BCUT2D eigenvalue weighted by molar-refractivity contribution is 0.653. The van der Waals surface area contributed by atoms with Crippen molar-refractivity contribution in [3.8, 4) is 17.1 Å². The van der Waals surface area contributed by atoms with Gasteiger partial charge in [0.1, 0.15) is 16.8 Å². The summed E-state index contributed by atoms with van der Waals surface area (Å²) in [4.78, 5) is 10.7. The quantitative estimate of drug-likeness (QED) is 0.194. The highest BCUT2D eigenvalue weighted by Crippen LogP contribution is 2.49. The molecular weight excluding hydrogens is 595 g/mol. The molecule has 4 aromatic heterocycles. The van der Waals surface area contributed by atoms with Crippen molar-refractivity contribution < 1.29 is 4.42 Å². The smallest absolute Gasteiger partial charge is 0.247 e. The second-order valence-corrected chi connectivity index (χ2v) is 13.2. The van der Waals surface area contributed by atoms with E-state index in [1.165, 1.54) is 52.5 Å². The van der Waals surface area contributed by atoms with Crippen molar-refractivity contribution in [1.82, 2.24) is 14.5 Å². The maximum atomic E-state index is 6.29. The normalized spacial score (nSPS) is 12.3. The Bertz CT molecular complexity index is 3080. The topological polar surface area (TPSA) is 43.9 Å². The van der Waals surface area contributed by atoms with E-state index in [0.717, 1.165) is 44.6 Å². The second-order valence-electron chi connectivity index (χ2n) is 12.1. The molecule has 5 heteroatoms. The average molecular weight is 618 g/mol. The Morgan fingerprint density at radius 1 is 0.553 bits per heavy atom. The number of fused-ring (bicyclic) bond motifs is 14. The fraction of sp³-hybridized carbons (Fsp3) is 0. The fourth-order valence-corrected chi connectivity index (χ4v) is 8.83. The highest BCUT2D eigenvalue weighted by Gasteiger charge is 2.25. The van der Waals surface area contributed by atoms with E-state index in [1.807, 2.05) is 35.6 Å². The van der Waals surface area contributed by atoms with Crippen LogP contribution < -0.4 is 0 Å². The van der Waals surface area contributed by atoms with Gasteiger partial charge in [-0.3, -0.25) is 4.57 Å². The van der Waals surface area contributed by atoms with Crippen LogP contribution in [0.1, 0.15) is 0 Å². The summed E-state index contributed by atoms with van der Waals surface area (Å²) in [5.74, 6) is 0.792. The molecule has 0 spiro atoms. The lowest BCUT2D eigenvalue weighted by atomic mass is 9.98. The first-order valence-electron chi connectivity index (χ1n) is 15.8. The van der Waals surface area contributed by atoms with E-state index in [2.05, 4.69) is 120 Å². The summed E-state index contributed by atoms with van der Waals surface area (Å²) >= 11 is 1.87. The monoisotopic (exact) mass is 617 g/mol. The zero-order chi connectivity index (χ0) is 30.6. The second kappa shape index (κ2) is 9.25. The van der Waals surface area contributed by atoms with Crippen LogP contribution in [0.4, 0.5) is 0 Å². The molecule has 0 N–H and O–H groups in total. The highest BCUT2D eigenvalue weighted by atomic mass is 32.1. The molecular formula is C42H23N3OS. The molecule has 0 radical (unpaired) electrons. The van der Waals surface area contributed by atoms with Gasteiger partial charge in [0.05, 0.1) is 15.7 Å². The first-order valence-corrected chi connectivity index (χ1v) is 16.6. The highest BCUT2D eigenvalue weighted by molar-refractivity contribution is 7.27. The molecule has 4 heterocycles. The number of nitrogens with zero attached hydrogens (tertiary/aromatic N) is 3. The van der Waals surface area contributed by atoms with Crippen molar-refractivity contribution >= 4 is 97.1 Å².